The van der Waals surface area contributed by atoms with E-state index in [1.165, 1.54) is 0 Å². The zero-order chi connectivity index (χ0) is 23.2. The third-order valence-corrected chi connectivity index (χ3v) is 5.43. The highest BCUT2D eigenvalue weighted by Crippen LogP contribution is 2.39. The number of ether oxygens (including phenoxy) is 2. The van der Waals surface area contributed by atoms with Gasteiger partial charge in [0.05, 0.1) is 12.2 Å². The second-order valence-electron chi connectivity index (χ2n) is 7.78. The first-order valence-corrected chi connectivity index (χ1v) is 10.8. The summed E-state index contributed by atoms with van der Waals surface area (Å²) in [6, 6.07) is 22.6. The van der Waals surface area contributed by atoms with Crippen molar-refractivity contribution in [2.24, 2.45) is 0 Å². The van der Waals surface area contributed by atoms with Crippen LogP contribution in [0.3, 0.4) is 0 Å². The highest BCUT2D eigenvalue weighted by Gasteiger charge is 2.24. The van der Waals surface area contributed by atoms with Gasteiger partial charge in [0.2, 0.25) is 0 Å². The van der Waals surface area contributed by atoms with Gasteiger partial charge < -0.3 is 24.4 Å². The molecule has 33 heavy (non-hydrogen) atoms. The van der Waals surface area contributed by atoms with Crippen LogP contribution in [0.5, 0.6) is 11.5 Å². The number of benzene rings is 3. The second-order valence-corrected chi connectivity index (χ2v) is 7.78. The number of anilines is 2. The summed E-state index contributed by atoms with van der Waals surface area (Å²) in [6.45, 7) is 3.70. The maximum absolute atomic E-state index is 13.4. The number of amides is 1. The molecule has 1 N–H and O–H groups in total. The molecule has 0 aromatic heterocycles. The summed E-state index contributed by atoms with van der Waals surface area (Å²) in [5, 5.41) is 8.94. The molecule has 0 saturated carbocycles. The summed E-state index contributed by atoms with van der Waals surface area (Å²) < 4.78 is 11.2. The molecule has 0 aliphatic carbocycles. The fourth-order valence-corrected chi connectivity index (χ4v) is 3.86. The Kier molecular flexibility index (Phi) is 6.78. The molecule has 0 bridgehead atoms. The van der Waals surface area contributed by atoms with Gasteiger partial charge in [-0.25, -0.2) is 4.79 Å². The molecular weight excluding hydrogens is 420 g/mol. The first-order chi connectivity index (χ1) is 16.0. The van der Waals surface area contributed by atoms with E-state index in [0.29, 0.717) is 43.3 Å². The number of carbonyl (C=O) groups excluding carboxylic acids is 1. The Morgan fingerprint density at radius 1 is 1.06 bits per heavy atom. The van der Waals surface area contributed by atoms with Crippen molar-refractivity contribution in [1.29, 1.82) is 0 Å². The van der Waals surface area contributed by atoms with Gasteiger partial charge in [0.25, 0.3) is 5.91 Å². The summed E-state index contributed by atoms with van der Waals surface area (Å²) >= 11 is 0. The summed E-state index contributed by atoms with van der Waals surface area (Å²) in [7, 11) is 0. The van der Waals surface area contributed by atoms with Gasteiger partial charge in [0.15, 0.2) is 18.1 Å². The molecule has 7 heteroatoms. The molecule has 0 radical (unpaired) electrons. The van der Waals surface area contributed by atoms with Gasteiger partial charge in [0.1, 0.15) is 6.61 Å². The van der Waals surface area contributed by atoms with Crippen LogP contribution in [-0.4, -0.2) is 49.8 Å². The van der Waals surface area contributed by atoms with Crippen LogP contribution in [0.1, 0.15) is 15.9 Å². The smallest absolute Gasteiger partial charge is 0.341 e. The van der Waals surface area contributed by atoms with Crippen LogP contribution < -0.4 is 19.3 Å². The Morgan fingerprint density at radius 2 is 1.85 bits per heavy atom. The standard InChI is InChI=1S/C26H26N2O5/c1-19-7-5-10-21(17-19)28(26(31)20-8-3-2-4-9-20)14-13-27-15-16-32-25-22(27)11-6-12-23(25)33-18-24(29)30/h2-12,17H,13-16,18H2,1H3,(H,29,30). The number of carboxylic acids is 1. The van der Waals surface area contributed by atoms with Crippen molar-refractivity contribution >= 4 is 23.3 Å². The molecule has 3 aromatic rings. The Morgan fingerprint density at radius 3 is 2.61 bits per heavy atom. The molecule has 1 aliphatic heterocycles. The van der Waals surface area contributed by atoms with Crippen LogP contribution in [0, 0.1) is 6.92 Å². The Hall–Kier alpha value is -4.00. The minimum Gasteiger partial charge on any atom is -0.486 e. The highest BCUT2D eigenvalue weighted by molar-refractivity contribution is 6.06. The molecular formula is C26H26N2O5. The monoisotopic (exact) mass is 446 g/mol. The minimum atomic E-state index is -1.05. The molecule has 0 atom stereocenters. The van der Waals surface area contributed by atoms with Gasteiger partial charge in [-0.05, 0) is 48.9 Å². The van der Waals surface area contributed by atoms with E-state index in [0.717, 1.165) is 16.9 Å². The van der Waals surface area contributed by atoms with Crippen LogP contribution in [0.2, 0.25) is 0 Å². The predicted molar refractivity (Wildman–Crippen MR) is 127 cm³/mol. The fourth-order valence-electron chi connectivity index (χ4n) is 3.86. The first kappa shape index (κ1) is 22.2. The van der Waals surface area contributed by atoms with Crippen molar-refractivity contribution in [2.75, 3.05) is 42.6 Å². The van der Waals surface area contributed by atoms with E-state index >= 15 is 0 Å². The quantitative estimate of drug-likeness (QED) is 0.563. The van der Waals surface area contributed by atoms with Crippen molar-refractivity contribution in [3.05, 3.63) is 83.9 Å². The molecule has 1 aliphatic rings. The molecule has 0 unspecified atom stereocenters. The van der Waals surface area contributed by atoms with E-state index < -0.39 is 12.6 Å². The van der Waals surface area contributed by atoms with Crippen molar-refractivity contribution in [2.45, 2.75) is 6.92 Å². The number of rotatable bonds is 8. The van der Waals surface area contributed by atoms with Crippen LogP contribution in [0.25, 0.3) is 0 Å². The largest absolute Gasteiger partial charge is 0.486 e. The lowest BCUT2D eigenvalue weighted by atomic mass is 10.1. The average Bonchev–Trinajstić information content (AvgIpc) is 2.83. The predicted octanol–water partition coefficient (Wildman–Crippen LogP) is 4.00. The van der Waals surface area contributed by atoms with Gasteiger partial charge in [-0.15, -0.1) is 0 Å². The van der Waals surface area contributed by atoms with Crippen molar-refractivity contribution in [1.82, 2.24) is 0 Å². The summed E-state index contributed by atoms with van der Waals surface area (Å²) in [6.07, 6.45) is 0. The van der Waals surface area contributed by atoms with Gasteiger partial charge in [-0.1, -0.05) is 36.4 Å². The topological polar surface area (TPSA) is 79.3 Å². The van der Waals surface area contributed by atoms with Gasteiger partial charge in [-0.2, -0.15) is 0 Å². The van der Waals surface area contributed by atoms with E-state index in [2.05, 4.69) is 4.90 Å². The van der Waals surface area contributed by atoms with E-state index in [-0.39, 0.29) is 5.91 Å². The molecule has 0 fully saturated rings. The lowest BCUT2D eigenvalue weighted by Crippen LogP contribution is -2.42. The third kappa shape index (κ3) is 5.26. The SMILES string of the molecule is Cc1cccc(N(CCN2CCOc3c(OCC(=O)O)cccc32)C(=O)c2ccccc2)c1. The van der Waals surface area contributed by atoms with Crippen molar-refractivity contribution in [3.8, 4) is 11.5 Å². The molecule has 170 valence electrons. The number of aryl methyl sites for hydroxylation is 1. The zero-order valence-electron chi connectivity index (χ0n) is 18.4. The Bertz CT molecular complexity index is 1130. The van der Waals surface area contributed by atoms with Crippen LogP contribution in [0.15, 0.2) is 72.8 Å². The average molecular weight is 447 g/mol. The molecule has 1 amide bonds. The highest BCUT2D eigenvalue weighted by atomic mass is 16.5. The fraction of sp³-hybridized carbons (Fsp3) is 0.231. The van der Waals surface area contributed by atoms with E-state index in [1.807, 2.05) is 73.7 Å². The zero-order valence-corrected chi connectivity index (χ0v) is 18.4. The van der Waals surface area contributed by atoms with Gasteiger partial charge >= 0.3 is 5.97 Å². The Labute approximate surface area is 192 Å². The maximum Gasteiger partial charge on any atom is 0.341 e. The number of fused-ring (bicyclic) bond motifs is 1. The molecule has 0 saturated heterocycles. The number of hydrogen-bond acceptors (Lipinski definition) is 5. The number of hydrogen-bond donors (Lipinski definition) is 1. The molecule has 1 heterocycles. The normalized spacial score (nSPS) is 12.5. The third-order valence-electron chi connectivity index (χ3n) is 5.43. The van der Waals surface area contributed by atoms with E-state index in [1.54, 1.807) is 11.0 Å². The Balaban J connectivity index is 1.57. The van der Waals surface area contributed by atoms with Crippen molar-refractivity contribution < 1.29 is 24.2 Å². The second kappa shape index (κ2) is 10.1. The molecule has 3 aromatic carbocycles. The number of carboxylic acid groups (broad SMARTS) is 1. The lowest BCUT2D eigenvalue weighted by molar-refractivity contribution is -0.139. The summed E-state index contributed by atoms with van der Waals surface area (Å²) in [4.78, 5) is 28.2. The summed E-state index contributed by atoms with van der Waals surface area (Å²) in [5.41, 5.74) is 3.37. The number of nitrogens with zero attached hydrogens (tertiary/aromatic N) is 2. The van der Waals surface area contributed by atoms with Crippen LogP contribution >= 0.6 is 0 Å². The van der Waals surface area contributed by atoms with Crippen LogP contribution in [0.4, 0.5) is 11.4 Å². The molecule has 0 spiro atoms. The van der Waals surface area contributed by atoms with E-state index in [9.17, 15) is 9.59 Å². The summed E-state index contributed by atoms with van der Waals surface area (Å²) in [5.74, 6) is -0.182. The van der Waals surface area contributed by atoms with Crippen LogP contribution in [-0.2, 0) is 4.79 Å². The molecule has 7 nitrogen and oxygen atoms in total. The number of carbonyl (C=O) groups is 2. The maximum atomic E-state index is 13.4. The van der Waals surface area contributed by atoms with Gasteiger partial charge in [0, 0.05) is 24.3 Å². The van der Waals surface area contributed by atoms with Gasteiger partial charge in [-0.3, -0.25) is 4.79 Å². The number of aliphatic carboxylic acids is 1. The minimum absolute atomic E-state index is 0.0618. The van der Waals surface area contributed by atoms with E-state index in [4.69, 9.17) is 14.6 Å². The number of para-hydroxylation sites is 1. The molecule has 4 rings (SSSR count). The first-order valence-electron chi connectivity index (χ1n) is 10.8. The lowest BCUT2D eigenvalue weighted by Gasteiger charge is -2.34. The van der Waals surface area contributed by atoms with Crippen molar-refractivity contribution in [3.63, 3.8) is 0 Å².